The monoisotopic (exact) mass is 200 g/mol. The highest BCUT2D eigenvalue weighted by atomic mass is 14.8. The first kappa shape index (κ1) is 10.1. The van der Waals surface area contributed by atoms with Gasteiger partial charge in [-0.05, 0) is 17.4 Å². The fraction of sp³-hybridized carbons (Fsp3) is 0.308. The Balaban J connectivity index is 2.74. The minimum atomic E-state index is 0.432. The number of nitrogens with zero attached hydrogens (tertiary/aromatic N) is 1. The van der Waals surface area contributed by atoms with Crippen LogP contribution in [0.1, 0.15) is 31.2 Å². The van der Waals surface area contributed by atoms with Crippen molar-refractivity contribution >= 4 is 10.8 Å². The van der Waals surface area contributed by atoms with E-state index in [1.165, 1.54) is 10.8 Å². The summed E-state index contributed by atoms with van der Waals surface area (Å²) in [6, 6.07) is 10.4. The summed E-state index contributed by atoms with van der Waals surface area (Å²) in [7, 11) is 0. The van der Waals surface area contributed by atoms with E-state index in [1.54, 1.807) is 0 Å². The third-order valence-electron chi connectivity index (χ3n) is 2.58. The van der Waals surface area contributed by atoms with Gasteiger partial charge < -0.3 is 5.73 Å². The van der Waals surface area contributed by atoms with E-state index in [0.717, 1.165) is 11.4 Å². The lowest BCUT2D eigenvalue weighted by molar-refractivity contribution is 0.816. The lowest BCUT2D eigenvalue weighted by Gasteiger charge is -2.10. The Morgan fingerprint density at radius 1 is 1.27 bits per heavy atom. The molecule has 0 bridgehead atoms. The van der Waals surface area contributed by atoms with Gasteiger partial charge in [0.05, 0.1) is 11.4 Å². The second kappa shape index (κ2) is 3.99. The molecule has 1 aromatic heterocycles. The molecule has 0 radical (unpaired) electrons. The van der Waals surface area contributed by atoms with Crippen molar-refractivity contribution < 1.29 is 0 Å². The van der Waals surface area contributed by atoms with Crippen molar-refractivity contribution in [3.63, 3.8) is 0 Å². The number of nitrogens with two attached hydrogens (primary N) is 1. The molecule has 2 N–H and O–H groups in total. The van der Waals surface area contributed by atoms with Crippen LogP contribution in [0.25, 0.3) is 10.8 Å². The number of hydrogen-bond donors (Lipinski definition) is 1. The molecule has 0 fully saturated rings. The number of aromatic nitrogens is 1. The van der Waals surface area contributed by atoms with Crippen LogP contribution >= 0.6 is 0 Å². The smallest absolute Gasteiger partial charge is 0.0549 e. The van der Waals surface area contributed by atoms with Gasteiger partial charge in [0.15, 0.2) is 0 Å². The van der Waals surface area contributed by atoms with Crippen molar-refractivity contribution in [2.24, 2.45) is 5.73 Å². The van der Waals surface area contributed by atoms with Crippen molar-refractivity contribution in [2.75, 3.05) is 0 Å². The van der Waals surface area contributed by atoms with E-state index in [-0.39, 0.29) is 0 Å². The molecule has 1 aromatic carbocycles. The topological polar surface area (TPSA) is 38.9 Å². The molecule has 0 unspecified atom stereocenters. The SMILES string of the molecule is CC(C)c1nc(CN)cc2ccccc12. The maximum Gasteiger partial charge on any atom is 0.0549 e. The van der Waals surface area contributed by atoms with E-state index in [2.05, 4.69) is 43.1 Å². The van der Waals surface area contributed by atoms with Gasteiger partial charge >= 0.3 is 0 Å². The van der Waals surface area contributed by atoms with E-state index >= 15 is 0 Å². The maximum atomic E-state index is 5.65. The van der Waals surface area contributed by atoms with Gasteiger partial charge in [-0.25, -0.2) is 0 Å². The largest absolute Gasteiger partial charge is 0.325 e. The summed E-state index contributed by atoms with van der Waals surface area (Å²) in [4.78, 5) is 4.59. The number of rotatable bonds is 2. The zero-order chi connectivity index (χ0) is 10.8. The summed E-state index contributed by atoms with van der Waals surface area (Å²) in [6.07, 6.45) is 0. The second-order valence-corrected chi connectivity index (χ2v) is 4.08. The third-order valence-corrected chi connectivity index (χ3v) is 2.58. The molecule has 0 saturated carbocycles. The molecule has 0 aliphatic carbocycles. The molecule has 0 saturated heterocycles. The van der Waals surface area contributed by atoms with Crippen LogP contribution in [-0.2, 0) is 6.54 Å². The molecule has 2 aromatic rings. The van der Waals surface area contributed by atoms with Crippen LogP contribution in [0.5, 0.6) is 0 Å². The first-order valence-electron chi connectivity index (χ1n) is 5.31. The molecule has 0 atom stereocenters. The quantitative estimate of drug-likeness (QED) is 0.809. The van der Waals surface area contributed by atoms with Gasteiger partial charge in [0.25, 0.3) is 0 Å². The standard InChI is InChI=1S/C13H16N2/c1-9(2)13-12-6-4-3-5-10(12)7-11(8-14)15-13/h3-7,9H,8,14H2,1-2H3. The highest BCUT2D eigenvalue weighted by Gasteiger charge is 2.07. The summed E-state index contributed by atoms with van der Waals surface area (Å²) < 4.78 is 0. The Morgan fingerprint density at radius 3 is 2.67 bits per heavy atom. The summed E-state index contributed by atoms with van der Waals surface area (Å²) >= 11 is 0. The average Bonchev–Trinajstić information content (AvgIpc) is 2.27. The van der Waals surface area contributed by atoms with Crippen molar-refractivity contribution in [2.45, 2.75) is 26.3 Å². The van der Waals surface area contributed by atoms with Gasteiger partial charge in [-0.15, -0.1) is 0 Å². The Morgan fingerprint density at radius 2 is 2.00 bits per heavy atom. The van der Waals surface area contributed by atoms with E-state index in [1.807, 2.05) is 6.07 Å². The van der Waals surface area contributed by atoms with E-state index in [9.17, 15) is 0 Å². The van der Waals surface area contributed by atoms with Crippen molar-refractivity contribution in [3.8, 4) is 0 Å². The molecular weight excluding hydrogens is 184 g/mol. The molecule has 2 nitrogen and oxygen atoms in total. The van der Waals surface area contributed by atoms with Crippen LogP contribution < -0.4 is 5.73 Å². The van der Waals surface area contributed by atoms with Gasteiger partial charge in [0.1, 0.15) is 0 Å². The lowest BCUT2D eigenvalue weighted by atomic mass is 10.0. The molecule has 0 amide bonds. The number of benzene rings is 1. The fourth-order valence-corrected chi connectivity index (χ4v) is 1.83. The number of pyridine rings is 1. The summed E-state index contributed by atoms with van der Waals surface area (Å²) in [5, 5.41) is 2.47. The van der Waals surface area contributed by atoms with Crippen LogP contribution in [-0.4, -0.2) is 4.98 Å². The van der Waals surface area contributed by atoms with E-state index < -0.39 is 0 Å². The first-order chi connectivity index (χ1) is 7.22. The molecule has 0 spiro atoms. The van der Waals surface area contributed by atoms with Gasteiger partial charge in [0.2, 0.25) is 0 Å². The van der Waals surface area contributed by atoms with E-state index in [4.69, 9.17) is 5.73 Å². The maximum absolute atomic E-state index is 5.65. The number of hydrogen-bond acceptors (Lipinski definition) is 2. The van der Waals surface area contributed by atoms with Crippen LogP contribution in [0.2, 0.25) is 0 Å². The predicted molar refractivity (Wildman–Crippen MR) is 63.7 cm³/mol. The minimum absolute atomic E-state index is 0.432. The first-order valence-corrected chi connectivity index (χ1v) is 5.31. The van der Waals surface area contributed by atoms with Crippen molar-refractivity contribution in [1.82, 2.24) is 4.98 Å². The third kappa shape index (κ3) is 1.85. The zero-order valence-electron chi connectivity index (χ0n) is 9.20. The Labute approximate surface area is 90.1 Å². The lowest BCUT2D eigenvalue weighted by Crippen LogP contribution is -2.03. The summed E-state index contributed by atoms with van der Waals surface area (Å²) in [5.74, 6) is 0.432. The molecule has 0 aliphatic heterocycles. The molecule has 2 heteroatoms. The fourth-order valence-electron chi connectivity index (χ4n) is 1.83. The van der Waals surface area contributed by atoms with Crippen LogP contribution in [0.3, 0.4) is 0 Å². The summed E-state index contributed by atoms with van der Waals surface area (Å²) in [5.41, 5.74) is 7.76. The van der Waals surface area contributed by atoms with Gasteiger partial charge in [-0.2, -0.15) is 0 Å². The normalized spacial score (nSPS) is 11.2. The minimum Gasteiger partial charge on any atom is -0.325 e. The highest BCUT2D eigenvalue weighted by molar-refractivity contribution is 5.85. The van der Waals surface area contributed by atoms with Crippen molar-refractivity contribution in [1.29, 1.82) is 0 Å². The van der Waals surface area contributed by atoms with E-state index in [0.29, 0.717) is 12.5 Å². The van der Waals surface area contributed by atoms with Gasteiger partial charge in [0, 0.05) is 11.9 Å². The average molecular weight is 200 g/mol. The molecule has 1 heterocycles. The van der Waals surface area contributed by atoms with Crippen LogP contribution in [0.15, 0.2) is 30.3 Å². The van der Waals surface area contributed by atoms with Crippen molar-refractivity contribution in [3.05, 3.63) is 41.7 Å². The van der Waals surface area contributed by atoms with Crippen LogP contribution in [0, 0.1) is 0 Å². The Hall–Kier alpha value is -1.41. The summed E-state index contributed by atoms with van der Waals surface area (Å²) in [6.45, 7) is 4.83. The van der Waals surface area contributed by atoms with Crippen LogP contribution in [0.4, 0.5) is 0 Å². The molecule has 15 heavy (non-hydrogen) atoms. The Kier molecular flexibility index (Phi) is 2.69. The molecular formula is C13H16N2. The van der Waals surface area contributed by atoms with Gasteiger partial charge in [-0.1, -0.05) is 38.1 Å². The molecule has 78 valence electrons. The number of fused-ring (bicyclic) bond motifs is 1. The second-order valence-electron chi connectivity index (χ2n) is 4.08. The predicted octanol–water partition coefficient (Wildman–Crippen LogP) is 2.82. The molecule has 2 rings (SSSR count). The zero-order valence-corrected chi connectivity index (χ0v) is 9.20. The van der Waals surface area contributed by atoms with Gasteiger partial charge in [-0.3, -0.25) is 4.98 Å². The molecule has 0 aliphatic rings. The Bertz CT molecular complexity index is 475. The highest BCUT2D eigenvalue weighted by Crippen LogP contribution is 2.24.